The molecule has 1 aromatic heterocycles. The lowest BCUT2D eigenvalue weighted by Crippen LogP contribution is -2.27. The van der Waals surface area contributed by atoms with Gasteiger partial charge in [0.15, 0.2) is 5.16 Å². The number of fused-ring (bicyclic) bond motifs is 1. The maximum atomic E-state index is 13.3. The molecule has 0 radical (unpaired) electrons. The standard InChI is InChI=1S/C24H19Cl2N3O2S/c1-2-21(22(30)27-15-12-13-18(25)19(26)14-15)32-24-28-20-11-7-6-10-17(20)23(31)29(24)16-8-4-3-5-9-16/h3-14,21H,2H2,1H3,(H,27,30). The summed E-state index contributed by atoms with van der Waals surface area (Å²) in [6.45, 7) is 1.91. The van der Waals surface area contributed by atoms with Crippen LogP contribution in [0.15, 0.2) is 82.7 Å². The first kappa shape index (κ1) is 22.4. The van der Waals surface area contributed by atoms with Gasteiger partial charge in [-0.2, -0.15) is 0 Å². The normalized spacial score (nSPS) is 12.0. The summed E-state index contributed by atoms with van der Waals surface area (Å²) in [4.78, 5) is 31.1. The van der Waals surface area contributed by atoms with Crippen molar-refractivity contribution in [1.29, 1.82) is 0 Å². The molecule has 1 amide bonds. The van der Waals surface area contributed by atoms with E-state index in [1.54, 1.807) is 34.9 Å². The molecule has 0 aliphatic rings. The van der Waals surface area contributed by atoms with E-state index in [9.17, 15) is 9.59 Å². The zero-order valence-corrected chi connectivity index (χ0v) is 19.4. The highest BCUT2D eigenvalue weighted by Crippen LogP contribution is 2.29. The molecule has 1 heterocycles. The molecule has 0 fully saturated rings. The van der Waals surface area contributed by atoms with Crippen LogP contribution in [0.1, 0.15) is 13.3 Å². The Morgan fingerprint density at radius 3 is 2.47 bits per heavy atom. The molecular formula is C24H19Cl2N3O2S. The average Bonchev–Trinajstić information content (AvgIpc) is 2.80. The summed E-state index contributed by atoms with van der Waals surface area (Å²) in [7, 11) is 0. The molecule has 0 saturated carbocycles. The summed E-state index contributed by atoms with van der Waals surface area (Å²) in [5, 5.41) is 4.15. The monoisotopic (exact) mass is 483 g/mol. The third-order valence-corrected chi connectivity index (χ3v) is 6.91. The highest BCUT2D eigenvalue weighted by atomic mass is 35.5. The van der Waals surface area contributed by atoms with Crippen LogP contribution in [-0.2, 0) is 4.79 Å². The van der Waals surface area contributed by atoms with Crippen LogP contribution < -0.4 is 10.9 Å². The van der Waals surface area contributed by atoms with Gasteiger partial charge >= 0.3 is 0 Å². The number of aromatic nitrogens is 2. The van der Waals surface area contributed by atoms with Crippen molar-refractivity contribution in [1.82, 2.24) is 9.55 Å². The fourth-order valence-electron chi connectivity index (χ4n) is 3.24. The molecule has 0 aliphatic heterocycles. The number of amides is 1. The molecule has 0 saturated heterocycles. The predicted octanol–water partition coefficient (Wildman–Crippen LogP) is 6.20. The number of hydrogen-bond acceptors (Lipinski definition) is 4. The molecule has 1 N–H and O–H groups in total. The third-order valence-electron chi connectivity index (χ3n) is 4.86. The minimum absolute atomic E-state index is 0.177. The van der Waals surface area contributed by atoms with E-state index in [2.05, 4.69) is 5.32 Å². The Labute approximate surface area is 199 Å². The van der Waals surface area contributed by atoms with E-state index in [4.69, 9.17) is 28.2 Å². The van der Waals surface area contributed by atoms with Gasteiger partial charge in [-0.1, -0.05) is 72.2 Å². The van der Waals surface area contributed by atoms with Gasteiger partial charge < -0.3 is 5.32 Å². The molecule has 0 aliphatic carbocycles. The molecule has 8 heteroatoms. The number of nitrogens with one attached hydrogen (secondary N) is 1. The topological polar surface area (TPSA) is 64.0 Å². The number of nitrogens with zero attached hydrogens (tertiary/aromatic N) is 2. The maximum absolute atomic E-state index is 13.3. The number of thioether (sulfide) groups is 1. The highest BCUT2D eigenvalue weighted by molar-refractivity contribution is 8.00. The maximum Gasteiger partial charge on any atom is 0.266 e. The number of anilines is 1. The number of benzene rings is 3. The molecule has 5 nitrogen and oxygen atoms in total. The zero-order chi connectivity index (χ0) is 22.7. The minimum Gasteiger partial charge on any atom is -0.325 e. The Hall–Kier alpha value is -2.80. The van der Waals surface area contributed by atoms with Gasteiger partial charge in [0.25, 0.3) is 5.56 Å². The van der Waals surface area contributed by atoms with Crippen LogP contribution in [0, 0.1) is 0 Å². The molecule has 1 unspecified atom stereocenters. The van der Waals surface area contributed by atoms with Crippen molar-refractivity contribution in [2.75, 3.05) is 5.32 Å². The van der Waals surface area contributed by atoms with Gasteiger partial charge in [-0.25, -0.2) is 4.98 Å². The van der Waals surface area contributed by atoms with Gasteiger partial charge in [-0.05, 0) is 48.9 Å². The first-order valence-electron chi connectivity index (χ1n) is 9.97. The Morgan fingerprint density at radius 1 is 1.03 bits per heavy atom. The van der Waals surface area contributed by atoms with E-state index in [0.29, 0.717) is 43.9 Å². The number of rotatable bonds is 6. The van der Waals surface area contributed by atoms with Crippen LogP contribution in [0.4, 0.5) is 5.69 Å². The highest BCUT2D eigenvalue weighted by Gasteiger charge is 2.23. The molecule has 0 spiro atoms. The van der Waals surface area contributed by atoms with Gasteiger partial charge in [-0.3, -0.25) is 14.2 Å². The molecule has 4 aromatic rings. The largest absolute Gasteiger partial charge is 0.325 e. The number of halogens is 2. The fourth-order valence-corrected chi connectivity index (χ4v) is 4.57. The second kappa shape index (κ2) is 9.77. The third kappa shape index (κ3) is 4.67. The van der Waals surface area contributed by atoms with Crippen LogP contribution in [0.5, 0.6) is 0 Å². The number of carbonyl (C=O) groups is 1. The van der Waals surface area contributed by atoms with Crippen molar-refractivity contribution < 1.29 is 4.79 Å². The molecular weight excluding hydrogens is 465 g/mol. The summed E-state index contributed by atoms with van der Waals surface area (Å²) in [6.07, 6.45) is 0.537. The molecule has 162 valence electrons. The second-order valence-electron chi connectivity index (χ2n) is 7.02. The summed E-state index contributed by atoms with van der Waals surface area (Å²) in [5.74, 6) is -0.210. The summed E-state index contributed by atoms with van der Waals surface area (Å²) < 4.78 is 1.56. The van der Waals surface area contributed by atoms with Gasteiger partial charge in [0.1, 0.15) is 0 Å². The van der Waals surface area contributed by atoms with Gasteiger partial charge in [-0.15, -0.1) is 0 Å². The van der Waals surface area contributed by atoms with Crippen LogP contribution >= 0.6 is 35.0 Å². The fraction of sp³-hybridized carbons (Fsp3) is 0.125. The van der Waals surface area contributed by atoms with E-state index < -0.39 is 5.25 Å². The molecule has 1 atom stereocenters. The second-order valence-corrected chi connectivity index (χ2v) is 9.00. The summed E-state index contributed by atoms with van der Waals surface area (Å²) in [6, 6.07) is 21.4. The summed E-state index contributed by atoms with van der Waals surface area (Å²) >= 11 is 13.3. The van der Waals surface area contributed by atoms with E-state index >= 15 is 0 Å². The van der Waals surface area contributed by atoms with Gasteiger partial charge in [0.2, 0.25) is 5.91 Å². The lowest BCUT2D eigenvalue weighted by atomic mass is 10.2. The Morgan fingerprint density at radius 2 is 1.75 bits per heavy atom. The molecule has 3 aromatic carbocycles. The lowest BCUT2D eigenvalue weighted by molar-refractivity contribution is -0.115. The Kier molecular flexibility index (Phi) is 6.84. The number of carbonyl (C=O) groups excluding carboxylic acids is 1. The Balaban J connectivity index is 1.72. The lowest BCUT2D eigenvalue weighted by Gasteiger charge is -2.18. The van der Waals surface area contributed by atoms with E-state index in [-0.39, 0.29) is 11.5 Å². The van der Waals surface area contributed by atoms with Crippen LogP contribution in [0.2, 0.25) is 10.0 Å². The van der Waals surface area contributed by atoms with E-state index in [1.165, 1.54) is 11.8 Å². The van der Waals surface area contributed by atoms with Gasteiger partial charge in [0, 0.05) is 5.69 Å². The Bertz CT molecular complexity index is 1340. The first-order valence-corrected chi connectivity index (χ1v) is 11.6. The molecule has 32 heavy (non-hydrogen) atoms. The quantitative estimate of drug-likeness (QED) is 0.261. The van der Waals surface area contributed by atoms with Crippen molar-refractivity contribution in [2.45, 2.75) is 23.8 Å². The first-order chi connectivity index (χ1) is 15.5. The van der Waals surface area contributed by atoms with Crippen molar-refractivity contribution in [3.8, 4) is 5.69 Å². The van der Waals surface area contributed by atoms with Crippen molar-refractivity contribution in [3.05, 3.63) is 93.2 Å². The smallest absolute Gasteiger partial charge is 0.266 e. The zero-order valence-electron chi connectivity index (χ0n) is 17.1. The van der Waals surface area contributed by atoms with E-state index in [1.807, 2.05) is 49.4 Å². The molecule has 0 bridgehead atoms. The van der Waals surface area contributed by atoms with Crippen LogP contribution in [0.3, 0.4) is 0 Å². The summed E-state index contributed by atoms with van der Waals surface area (Å²) in [5.41, 5.74) is 1.66. The van der Waals surface area contributed by atoms with Crippen molar-refractivity contribution in [3.63, 3.8) is 0 Å². The SMILES string of the molecule is CCC(Sc1nc2ccccc2c(=O)n1-c1ccccc1)C(=O)Nc1ccc(Cl)c(Cl)c1. The van der Waals surface area contributed by atoms with Crippen LogP contribution in [-0.4, -0.2) is 20.7 Å². The number of para-hydroxylation sites is 2. The van der Waals surface area contributed by atoms with Crippen molar-refractivity contribution in [2.24, 2.45) is 0 Å². The molecule has 4 rings (SSSR count). The van der Waals surface area contributed by atoms with Crippen LogP contribution in [0.25, 0.3) is 16.6 Å². The van der Waals surface area contributed by atoms with Crippen molar-refractivity contribution >= 4 is 57.5 Å². The minimum atomic E-state index is -0.479. The van der Waals surface area contributed by atoms with Gasteiger partial charge in [0.05, 0.1) is 31.9 Å². The predicted molar refractivity (Wildman–Crippen MR) is 132 cm³/mol. The van der Waals surface area contributed by atoms with E-state index in [0.717, 1.165) is 0 Å². The average molecular weight is 484 g/mol. The number of hydrogen-bond donors (Lipinski definition) is 1.